The number of rotatable bonds is 2. The predicted molar refractivity (Wildman–Crippen MR) is 78.2 cm³/mol. The molecule has 0 spiro atoms. The lowest BCUT2D eigenvalue weighted by molar-refractivity contribution is -0.385. The summed E-state index contributed by atoms with van der Waals surface area (Å²) in [5, 5.41) is 20.5. The number of nitro groups is 1. The Hall–Kier alpha value is -2.37. The second-order valence-electron chi connectivity index (χ2n) is 5.67. The second kappa shape index (κ2) is 4.87. The van der Waals surface area contributed by atoms with Crippen LogP contribution in [0, 0.1) is 23.0 Å². The van der Waals surface area contributed by atoms with Crippen LogP contribution in [0.25, 0.3) is 11.3 Å². The van der Waals surface area contributed by atoms with Crippen molar-refractivity contribution in [3.63, 3.8) is 0 Å². The summed E-state index contributed by atoms with van der Waals surface area (Å²) < 4.78 is 2.19. The van der Waals surface area contributed by atoms with E-state index in [1.807, 2.05) is 6.92 Å². The number of hydrogen-bond donors (Lipinski definition) is 1. The number of nitrogens with zero attached hydrogens (tertiary/aromatic N) is 3. The van der Waals surface area contributed by atoms with Gasteiger partial charge in [0.2, 0.25) is 0 Å². The van der Waals surface area contributed by atoms with E-state index in [0.29, 0.717) is 11.5 Å². The zero-order valence-electron chi connectivity index (χ0n) is 12.0. The van der Waals surface area contributed by atoms with Crippen LogP contribution in [0.3, 0.4) is 0 Å². The van der Waals surface area contributed by atoms with Crippen LogP contribution in [0.2, 0.25) is 0 Å². The Bertz CT molecular complexity index is 721. The molecule has 0 aliphatic carbocycles. The van der Waals surface area contributed by atoms with E-state index >= 15 is 0 Å². The highest BCUT2D eigenvalue weighted by atomic mass is 16.6. The van der Waals surface area contributed by atoms with Crippen molar-refractivity contribution in [3.05, 3.63) is 39.8 Å². The summed E-state index contributed by atoms with van der Waals surface area (Å²) >= 11 is 0. The molecule has 1 atom stereocenters. The average molecular weight is 287 g/mol. The average Bonchev–Trinajstić information content (AvgIpc) is 2.75. The fourth-order valence-electron chi connectivity index (χ4n) is 2.90. The quantitative estimate of drug-likeness (QED) is 0.680. The molecule has 0 amide bonds. The van der Waals surface area contributed by atoms with Gasteiger partial charge in [-0.2, -0.15) is 0 Å². The smallest absolute Gasteiger partial charge is 0.311 e. The minimum Gasteiger partial charge on any atom is -0.502 e. The van der Waals surface area contributed by atoms with Gasteiger partial charge >= 0.3 is 5.69 Å². The van der Waals surface area contributed by atoms with Crippen LogP contribution in [0.1, 0.15) is 24.9 Å². The Balaban J connectivity index is 2.09. The maximum absolute atomic E-state index is 10.9. The number of aromatic nitrogens is 2. The van der Waals surface area contributed by atoms with Gasteiger partial charge in [-0.05, 0) is 31.4 Å². The number of hydrogen-bond acceptors (Lipinski definition) is 4. The lowest BCUT2D eigenvalue weighted by Gasteiger charge is -2.20. The lowest BCUT2D eigenvalue weighted by atomic mass is 10.0. The summed E-state index contributed by atoms with van der Waals surface area (Å²) in [5.41, 5.74) is 2.18. The van der Waals surface area contributed by atoms with Gasteiger partial charge < -0.3 is 9.67 Å². The van der Waals surface area contributed by atoms with Crippen molar-refractivity contribution >= 4 is 5.69 Å². The first kappa shape index (κ1) is 13.6. The van der Waals surface area contributed by atoms with Crippen molar-refractivity contribution in [2.24, 2.45) is 5.92 Å². The molecule has 0 fully saturated rings. The summed E-state index contributed by atoms with van der Waals surface area (Å²) in [4.78, 5) is 15.0. The van der Waals surface area contributed by atoms with Crippen molar-refractivity contribution in [1.82, 2.24) is 9.55 Å². The van der Waals surface area contributed by atoms with Gasteiger partial charge in [-0.1, -0.05) is 6.92 Å². The number of aromatic hydroxyl groups is 1. The first-order chi connectivity index (χ1) is 9.97. The fourth-order valence-corrected chi connectivity index (χ4v) is 2.90. The third-order valence-electron chi connectivity index (χ3n) is 4.12. The van der Waals surface area contributed by atoms with Crippen molar-refractivity contribution < 1.29 is 10.0 Å². The molecule has 0 saturated carbocycles. The van der Waals surface area contributed by atoms with Crippen LogP contribution >= 0.6 is 0 Å². The minimum absolute atomic E-state index is 0.286. The largest absolute Gasteiger partial charge is 0.502 e. The van der Waals surface area contributed by atoms with Gasteiger partial charge in [-0.25, -0.2) is 4.98 Å². The number of phenolic OH excluding ortho intramolecular Hbond substituents is 1. The predicted octanol–water partition coefficient (Wildman–Crippen LogP) is 3.05. The standard InChI is InChI=1S/C15H17N3O3/c1-9-5-6-17-10(2)15(16-14(17)7-9)11-3-4-13(19)12(8-11)18(20)21/h3-4,8-9,19H,5-7H2,1-2H3. The summed E-state index contributed by atoms with van der Waals surface area (Å²) in [6, 6.07) is 4.42. The molecule has 21 heavy (non-hydrogen) atoms. The summed E-state index contributed by atoms with van der Waals surface area (Å²) in [5.74, 6) is 1.33. The van der Waals surface area contributed by atoms with Gasteiger partial charge in [-0.15, -0.1) is 0 Å². The van der Waals surface area contributed by atoms with E-state index in [2.05, 4.69) is 16.5 Å². The molecule has 0 bridgehead atoms. The van der Waals surface area contributed by atoms with Crippen LogP contribution in [-0.4, -0.2) is 19.6 Å². The van der Waals surface area contributed by atoms with E-state index in [1.54, 1.807) is 6.07 Å². The highest BCUT2D eigenvalue weighted by Gasteiger charge is 2.23. The zero-order valence-corrected chi connectivity index (χ0v) is 12.0. The Kier molecular flexibility index (Phi) is 3.16. The van der Waals surface area contributed by atoms with Gasteiger partial charge in [0.15, 0.2) is 5.75 Å². The van der Waals surface area contributed by atoms with E-state index in [0.717, 1.165) is 36.6 Å². The molecule has 1 aliphatic heterocycles. The molecular weight excluding hydrogens is 270 g/mol. The first-order valence-corrected chi connectivity index (χ1v) is 7.01. The lowest BCUT2D eigenvalue weighted by Crippen LogP contribution is -2.17. The number of fused-ring (bicyclic) bond motifs is 1. The molecular formula is C15H17N3O3. The van der Waals surface area contributed by atoms with Gasteiger partial charge in [0, 0.05) is 30.3 Å². The SMILES string of the molecule is Cc1c(-c2ccc(O)c([N+](=O)[O-])c2)nc2n1CCC(C)C2. The number of imidazole rings is 1. The first-order valence-electron chi connectivity index (χ1n) is 7.01. The molecule has 6 nitrogen and oxygen atoms in total. The molecule has 0 saturated heterocycles. The van der Waals surface area contributed by atoms with Crippen LogP contribution in [0.15, 0.2) is 18.2 Å². The highest BCUT2D eigenvalue weighted by molar-refractivity contribution is 5.68. The van der Waals surface area contributed by atoms with E-state index in [9.17, 15) is 15.2 Å². The van der Waals surface area contributed by atoms with Gasteiger partial charge in [0.25, 0.3) is 0 Å². The second-order valence-corrected chi connectivity index (χ2v) is 5.67. The molecule has 1 aromatic heterocycles. The third kappa shape index (κ3) is 2.26. The molecule has 1 aromatic carbocycles. The van der Waals surface area contributed by atoms with Gasteiger partial charge in [0.1, 0.15) is 5.82 Å². The van der Waals surface area contributed by atoms with E-state index in [1.165, 1.54) is 12.1 Å². The van der Waals surface area contributed by atoms with Crippen LogP contribution in [0.4, 0.5) is 5.69 Å². The fraction of sp³-hybridized carbons (Fsp3) is 0.400. The molecule has 110 valence electrons. The number of benzene rings is 1. The molecule has 1 aliphatic rings. The Morgan fingerprint density at radius 1 is 1.48 bits per heavy atom. The van der Waals surface area contributed by atoms with Crippen LogP contribution in [0.5, 0.6) is 5.75 Å². The minimum atomic E-state index is -0.577. The monoisotopic (exact) mass is 287 g/mol. The molecule has 0 radical (unpaired) electrons. The Morgan fingerprint density at radius 2 is 2.24 bits per heavy atom. The molecule has 2 heterocycles. The molecule has 1 unspecified atom stereocenters. The van der Waals surface area contributed by atoms with Gasteiger partial charge in [0.05, 0.1) is 10.6 Å². The summed E-state index contributed by atoms with van der Waals surface area (Å²) in [6.07, 6.45) is 2.06. The van der Waals surface area contributed by atoms with Crippen molar-refractivity contribution in [1.29, 1.82) is 0 Å². The van der Waals surface area contributed by atoms with E-state index in [-0.39, 0.29) is 11.4 Å². The third-order valence-corrected chi connectivity index (χ3v) is 4.12. The maximum atomic E-state index is 10.9. The molecule has 2 aromatic rings. The van der Waals surface area contributed by atoms with E-state index in [4.69, 9.17) is 0 Å². The molecule has 1 N–H and O–H groups in total. The maximum Gasteiger partial charge on any atom is 0.311 e. The molecule has 6 heteroatoms. The van der Waals surface area contributed by atoms with Crippen molar-refractivity contribution in [2.75, 3.05) is 0 Å². The number of nitro benzene ring substituents is 1. The van der Waals surface area contributed by atoms with Crippen molar-refractivity contribution in [2.45, 2.75) is 33.2 Å². The van der Waals surface area contributed by atoms with Crippen LogP contribution < -0.4 is 0 Å². The normalized spacial score (nSPS) is 17.5. The Morgan fingerprint density at radius 3 is 2.95 bits per heavy atom. The number of phenols is 1. The Labute approximate surface area is 122 Å². The highest BCUT2D eigenvalue weighted by Crippen LogP contribution is 2.34. The van der Waals surface area contributed by atoms with Crippen LogP contribution in [-0.2, 0) is 13.0 Å². The summed E-state index contributed by atoms with van der Waals surface area (Å²) in [7, 11) is 0. The van der Waals surface area contributed by atoms with E-state index < -0.39 is 4.92 Å². The molecule has 3 rings (SSSR count). The summed E-state index contributed by atoms with van der Waals surface area (Å²) in [6.45, 7) is 5.13. The van der Waals surface area contributed by atoms with Crippen molar-refractivity contribution in [3.8, 4) is 17.0 Å². The van der Waals surface area contributed by atoms with Gasteiger partial charge in [-0.3, -0.25) is 10.1 Å². The topological polar surface area (TPSA) is 81.2 Å². The zero-order chi connectivity index (χ0) is 15.1.